The lowest BCUT2D eigenvalue weighted by atomic mass is 10.1. The van der Waals surface area contributed by atoms with Gasteiger partial charge in [-0.3, -0.25) is 0 Å². The van der Waals surface area contributed by atoms with Crippen LogP contribution in [0.25, 0.3) is 11.3 Å². The number of benzene rings is 2. The molecule has 6 nitrogen and oxygen atoms in total. The van der Waals surface area contributed by atoms with E-state index in [1.807, 2.05) is 29.6 Å². The fraction of sp³-hybridized carbons (Fsp3) is 0.250. The van der Waals surface area contributed by atoms with E-state index in [0.717, 1.165) is 34.3 Å². The molecule has 0 saturated carbocycles. The summed E-state index contributed by atoms with van der Waals surface area (Å²) >= 11 is 1.53. The van der Waals surface area contributed by atoms with Crippen LogP contribution in [0.1, 0.15) is 0 Å². The van der Waals surface area contributed by atoms with Crippen molar-refractivity contribution in [1.82, 2.24) is 9.29 Å². The van der Waals surface area contributed by atoms with Gasteiger partial charge in [-0.25, -0.2) is 17.8 Å². The molecule has 0 amide bonds. The van der Waals surface area contributed by atoms with Gasteiger partial charge in [0.2, 0.25) is 10.0 Å². The Bertz CT molecular complexity index is 1090. The highest BCUT2D eigenvalue weighted by Gasteiger charge is 2.29. The van der Waals surface area contributed by atoms with Crippen LogP contribution in [-0.2, 0) is 10.0 Å². The van der Waals surface area contributed by atoms with E-state index in [0.29, 0.717) is 26.2 Å². The first-order valence-electron chi connectivity index (χ1n) is 9.08. The number of ether oxygens (including phenoxy) is 1. The smallest absolute Gasteiger partial charge is 0.243 e. The molecule has 1 fully saturated rings. The van der Waals surface area contributed by atoms with Crippen LogP contribution < -0.4 is 9.64 Å². The van der Waals surface area contributed by atoms with Crippen LogP contribution in [0, 0.1) is 5.82 Å². The summed E-state index contributed by atoms with van der Waals surface area (Å²) in [5.41, 5.74) is 1.76. The summed E-state index contributed by atoms with van der Waals surface area (Å²) in [5, 5.41) is 2.83. The van der Waals surface area contributed by atoms with Gasteiger partial charge < -0.3 is 9.64 Å². The zero-order chi connectivity index (χ0) is 20.4. The molecule has 3 aromatic rings. The van der Waals surface area contributed by atoms with E-state index in [-0.39, 0.29) is 4.90 Å². The number of aromatic nitrogens is 1. The minimum absolute atomic E-state index is 0.111. The molecule has 0 spiro atoms. The predicted octanol–water partition coefficient (Wildman–Crippen LogP) is 3.47. The molecule has 1 saturated heterocycles. The summed E-state index contributed by atoms with van der Waals surface area (Å²) in [4.78, 5) is 6.92. The highest BCUT2D eigenvalue weighted by atomic mass is 32.2. The number of hydrogen-bond acceptors (Lipinski definition) is 6. The zero-order valence-electron chi connectivity index (χ0n) is 15.8. The largest absolute Gasteiger partial charge is 0.496 e. The fourth-order valence-corrected chi connectivity index (χ4v) is 5.57. The average molecular weight is 434 g/mol. The minimum Gasteiger partial charge on any atom is -0.496 e. The molecule has 0 N–H and O–H groups in total. The Balaban J connectivity index is 1.46. The van der Waals surface area contributed by atoms with Gasteiger partial charge in [0.25, 0.3) is 0 Å². The number of nitrogens with zero attached hydrogens (tertiary/aromatic N) is 3. The zero-order valence-corrected chi connectivity index (χ0v) is 17.4. The number of methoxy groups -OCH3 is 1. The maximum absolute atomic E-state index is 13.1. The molecule has 0 unspecified atom stereocenters. The van der Waals surface area contributed by atoms with Crippen molar-refractivity contribution in [2.75, 3.05) is 38.2 Å². The summed E-state index contributed by atoms with van der Waals surface area (Å²) < 4.78 is 45.5. The molecule has 2 heterocycles. The molecule has 0 aliphatic carbocycles. The monoisotopic (exact) mass is 433 g/mol. The van der Waals surface area contributed by atoms with E-state index < -0.39 is 15.8 Å². The molecule has 29 heavy (non-hydrogen) atoms. The van der Waals surface area contributed by atoms with Gasteiger partial charge in [0.15, 0.2) is 5.13 Å². The van der Waals surface area contributed by atoms with Crippen LogP contribution in [0.15, 0.2) is 58.8 Å². The third kappa shape index (κ3) is 3.98. The van der Waals surface area contributed by atoms with Crippen LogP contribution in [0.5, 0.6) is 5.75 Å². The molecule has 0 atom stereocenters. The molecular formula is C20H20FN3O3S2. The van der Waals surface area contributed by atoms with E-state index in [4.69, 9.17) is 9.72 Å². The fourth-order valence-electron chi connectivity index (χ4n) is 3.26. The Morgan fingerprint density at radius 2 is 1.72 bits per heavy atom. The van der Waals surface area contributed by atoms with Crippen molar-refractivity contribution in [1.29, 1.82) is 0 Å². The third-order valence-electron chi connectivity index (χ3n) is 4.84. The molecule has 152 valence electrons. The first kappa shape index (κ1) is 19.8. The normalized spacial score (nSPS) is 15.4. The second-order valence-electron chi connectivity index (χ2n) is 6.56. The van der Waals surface area contributed by atoms with E-state index >= 15 is 0 Å². The number of hydrogen-bond donors (Lipinski definition) is 0. The molecule has 1 aliphatic rings. The van der Waals surface area contributed by atoms with Gasteiger partial charge >= 0.3 is 0 Å². The third-order valence-corrected chi connectivity index (χ3v) is 7.65. The van der Waals surface area contributed by atoms with Crippen LogP contribution in [0.2, 0.25) is 0 Å². The first-order chi connectivity index (χ1) is 14.0. The molecule has 9 heteroatoms. The number of halogens is 1. The van der Waals surface area contributed by atoms with Gasteiger partial charge in [-0.05, 0) is 36.4 Å². The number of thiazole rings is 1. The molecule has 1 aromatic heterocycles. The van der Waals surface area contributed by atoms with E-state index in [2.05, 4.69) is 4.90 Å². The van der Waals surface area contributed by atoms with Crippen molar-refractivity contribution in [3.63, 3.8) is 0 Å². The molecule has 1 aliphatic heterocycles. The van der Waals surface area contributed by atoms with Crippen molar-refractivity contribution < 1.29 is 17.5 Å². The van der Waals surface area contributed by atoms with Crippen LogP contribution in [0.3, 0.4) is 0 Å². The van der Waals surface area contributed by atoms with E-state index in [1.54, 1.807) is 7.11 Å². The van der Waals surface area contributed by atoms with Gasteiger partial charge in [0.05, 0.1) is 17.7 Å². The molecular weight excluding hydrogens is 413 g/mol. The average Bonchev–Trinajstić information content (AvgIpc) is 3.24. The van der Waals surface area contributed by atoms with Gasteiger partial charge in [0.1, 0.15) is 11.6 Å². The Morgan fingerprint density at radius 1 is 1.03 bits per heavy atom. The standard InChI is InChI=1S/C20H20FN3O3S2/c1-27-19-5-3-2-4-17(19)18-14-28-20(22-18)23-10-12-24(13-11-23)29(25,26)16-8-6-15(21)7-9-16/h2-9,14H,10-13H2,1H3. The summed E-state index contributed by atoms with van der Waals surface area (Å²) in [6.45, 7) is 1.78. The van der Waals surface area contributed by atoms with Crippen molar-refractivity contribution in [3.05, 3.63) is 59.7 Å². The maximum atomic E-state index is 13.1. The SMILES string of the molecule is COc1ccccc1-c1csc(N2CCN(S(=O)(=O)c3ccc(F)cc3)CC2)n1. The lowest BCUT2D eigenvalue weighted by Crippen LogP contribution is -2.48. The van der Waals surface area contributed by atoms with Gasteiger partial charge in [-0.2, -0.15) is 4.31 Å². The lowest BCUT2D eigenvalue weighted by molar-refractivity contribution is 0.384. The number of sulfonamides is 1. The Labute approximate surface area is 173 Å². The summed E-state index contributed by atoms with van der Waals surface area (Å²) in [7, 11) is -1.99. The van der Waals surface area contributed by atoms with Crippen molar-refractivity contribution in [3.8, 4) is 17.0 Å². The van der Waals surface area contributed by atoms with Gasteiger partial charge in [-0.1, -0.05) is 12.1 Å². The van der Waals surface area contributed by atoms with Gasteiger partial charge in [-0.15, -0.1) is 11.3 Å². The Hall–Kier alpha value is -2.49. The number of para-hydroxylation sites is 1. The van der Waals surface area contributed by atoms with Crippen LogP contribution in [-0.4, -0.2) is 51.0 Å². The number of anilines is 1. The van der Waals surface area contributed by atoms with Gasteiger partial charge in [0, 0.05) is 37.1 Å². The topological polar surface area (TPSA) is 62.7 Å². The highest BCUT2D eigenvalue weighted by Crippen LogP contribution is 2.33. The lowest BCUT2D eigenvalue weighted by Gasteiger charge is -2.33. The Morgan fingerprint density at radius 3 is 2.41 bits per heavy atom. The van der Waals surface area contributed by atoms with E-state index in [9.17, 15) is 12.8 Å². The molecule has 4 rings (SSSR count). The van der Waals surface area contributed by atoms with Crippen molar-refractivity contribution >= 4 is 26.5 Å². The first-order valence-corrected chi connectivity index (χ1v) is 11.4. The second-order valence-corrected chi connectivity index (χ2v) is 9.34. The van der Waals surface area contributed by atoms with E-state index in [1.165, 1.54) is 27.8 Å². The van der Waals surface area contributed by atoms with Crippen molar-refractivity contribution in [2.24, 2.45) is 0 Å². The summed E-state index contributed by atoms with van der Waals surface area (Å²) in [6, 6.07) is 12.6. The maximum Gasteiger partial charge on any atom is 0.243 e. The quantitative estimate of drug-likeness (QED) is 0.617. The summed E-state index contributed by atoms with van der Waals surface area (Å²) in [6.07, 6.45) is 0. The molecule has 0 radical (unpaired) electrons. The Kier molecular flexibility index (Phi) is 5.53. The number of piperazine rings is 1. The number of rotatable bonds is 5. The highest BCUT2D eigenvalue weighted by molar-refractivity contribution is 7.89. The second kappa shape index (κ2) is 8.10. The predicted molar refractivity (Wildman–Crippen MR) is 111 cm³/mol. The molecule has 0 bridgehead atoms. The minimum atomic E-state index is -3.62. The van der Waals surface area contributed by atoms with Crippen molar-refractivity contribution in [2.45, 2.75) is 4.90 Å². The summed E-state index contributed by atoms with van der Waals surface area (Å²) in [5.74, 6) is 0.308. The van der Waals surface area contributed by atoms with Crippen LogP contribution >= 0.6 is 11.3 Å². The molecule has 2 aromatic carbocycles. The van der Waals surface area contributed by atoms with Crippen LogP contribution in [0.4, 0.5) is 9.52 Å².